The molecule has 3 fully saturated rings. The van der Waals surface area contributed by atoms with Gasteiger partial charge in [0.1, 0.15) is 0 Å². The highest BCUT2D eigenvalue weighted by Gasteiger charge is 2.56. The van der Waals surface area contributed by atoms with Crippen LogP contribution in [0.5, 0.6) is 0 Å². The van der Waals surface area contributed by atoms with E-state index in [4.69, 9.17) is 0 Å². The molecule has 0 aliphatic carbocycles. The Morgan fingerprint density at radius 2 is 1.85 bits per heavy atom. The third-order valence-electron chi connectivity index (χ3n) is 6.59. The number of nitrogens with one attached hydrogen (secondary N) is 1. The van der Waals surface area contributed by atoms with E-state index in [1.54, 1.807) is 6.92 Å². The molecule has 27 heavy (non-hydrogen) atoms. The van der Waals surface area contributed by atoms with Gasteiger partial charge in [-0.25, -0.2) is 8.42 Å². The summed E-state index contributed by atoms with van der Waals surface area (Å²) >= 11 is 0. The van der Waals surface area contributed by atoms with Crippen LogP contribution in [0.3, 0.4) is 0 Å². The van der Waals surface area contributed by atoms with E-state index in [2.05, 4.69) is 17.4 Å². The molecule has 1 aromatic rings. The van der Waals surface area contributed by atoms with Crippen LogP contribution >= 0.6 is 0 Å². The van der Waals surface area contributed by atoms with Gasteiger partial charge in [0.05, 0.1) is 11.2 Å². The second-order valence-corrected chi connectivity index (χ2v) is 10.4. The number of amides is 1. The third-order valence-corrected chi connectivity index (χ3v) is 8.47. The lowest BCUT2D eigenvalue weighted by atomic mass is 9.69. The Bertz CT molecular complexity index is 790. The molecule has 3 saturated heterocycles. The summed E-state index contributed by atoms with van der Waals surface area (Å²) in [6.07, 6.45) is 3.84. The number of hydrogen-bond donors (Lipinski definition) is 1. The highest BCUT2D eigenvalue weighted by molar-refractivity contribution is 7.89. The molecule has 2 bridgehead atoms. The quantitative estimate of drug-likeness (QED) is 0.820. The Kier molecular flexibility index (Phi) is 5.03. The first kappa shape index (κ1) is 18.9. The first-order valence-electron chi connectivity index (χ1n) is 10.0. The van der Waals surface area contributed by atoms with Crippen LogP contribution in [0.4, 0.5) is 0 Å². The Hall–Kier alpha value is -1.44. The molecule has 0 aromatic heterocycles. The van der Waals surface area contributed by atoms with E-state index in [9.17, 15) is 13.2 Å². The minimum Gasteiger partial charge on any atom is -0.340 e. The first-order valence-corrected chi connectivity index (χ1v) is 11.6. The zero-order chi connectivity index (χ0) is 19.1. The molecule has 1 aromatic carbocycles. The molecule has 3 heterocycles. The van der Waals surface area contributed by atoms with Gasteiger partial charge in [-0.1, -0.05) is 30.3 Å². The Morgan fingerprint density at radius 3 is 2.41 bits per heavy atom. The summed E-state index contributed by atoms with van der Waals surface area (Å²) in [5.74, 6) is 0.326. The van der Waals surface area contributed by atoms with E-state index in [1.165, 1.54) is 9.87 Å². The van der Waals surface area contributed by atoms with Gasteiger partial charge < -0.3 is 10.2 Å². The Morgan fingerprint density at radius 1 is 1.15 bits per heavy atom. The van der Waals surface area contributed by atoms with Crippen molar-refractivity contribution in [1.29, 1.82) is 0 Å². The van der Waals surface area contributed by atoms with Crippen LogP contribution in [0.25, 0.3) is 0 Å². The number of carbonyl (C=O) groups is 1. The van der Waals surface area contributed by atoms with Gasteiger partial charge in [-0.05, 0) is 38.2 Å². The van der Waals surface area contributed by atoms with Gasteiger partial charge in [-0.2, -0.15) is 4.31 Å². The molecule has 4 rings (SSSR count). The zero-order valence-electron chi connectivity index (χ0n) is 15.9. The number of piperazine rings is 1. The smallest absolute Gasteiger partial charge is 0.230 e. The lowest BCUT2D eigenvalue weighted by Gasteiger charge is -2.42. The van der Waals surface area contributed by atoms with Crippen LogP contribution in [0.15, 0.2) is 30.3 Å². The summed E-state index contributed by atoms with van der Waals surface area (Å²) in [6.45, 7) is 3.47. The largest absolute Gasteiger partial charge is 0.340 e. The SMILES string of the molecule is CCS(=O)(=O)N1CCN(C(=O)[C@]2(Cc3ccccc3)C[C@@H]3CC[C@H]2N3)CC1. The fourth-order valence-corrected chi connectivity index (χ4v) is 6.22. The van der Waals surface area contributed by atoms with Crippen molar-refractivity contribution < 1.29 is 13.2 Å². The Balaban J connectivity index is 1.53. The number of benzene rings is 1. The number of sulfonamides is 1. The summed E-state index contributed by atoms with van der Waals surface area (Å²) in [7, 11) is -3.18. The highest BCUT2D eigenvalue weighted by Crippen LogP contribution is 2.47. The molecule has 1 amide bonds. The van der Waals surface area contributed by atoms with E-state index in [-0.39, 0.29) is 17.7 Å². The van der Waals surface area contributed by atoms with E-state index < -0.39 is 15.4 Å². The molecule has 3 aliphatic rings. The van der Waals surface area contributed by atoms with Crippen molar-refractivity contribution in [3.8, 4) is 0 Å². The van der Waals surface area contributed by atoms with Crippen molar-refractivity contribution in [3.63, 3.8) is 0 Å². The molecule has 0 saturated carbocycles. The molecular formula is C20H29N3O3S. The van der Waals surface area contributed by atoms with Gasteiger partial charge >= 0.3 is 0 Å². The second-order valence-electron chi connectivity index (χ2n) is 8.11. The molecule has 6 nitrogen and oxygen atoms in total. The lowest BCUT2D eigenvalue weighted by Crippen LogP contribution is -2.57. The number of carbonyl (C=O) groups excluding carboxylic acids is 1. The Labute approximate surface area is 162 Å². The van der Waals surface area contributed by atoms with Gasteiger partial charge in [0, 0.05) is 38.3 Å². The van der Waals surface area contributed by atoms with E-state index in [0.29, 0.717) is 32.2 Å². The number of fused-ring (bicyclic) bond motifs is 2. The normalized spacial score (nSPS) is 31.4. The topological polar surface area (TPSA) is 69.7 Å². The molecule has 0 unspecified atom stereocenters. The summed E-state index contributed by atoms with van der Waals surface area (Å²) in [6, 6.07) is 10.9. The molecular weight excluding hydrogens is 362 g/mol. The highest BCUT2D eigenvalue weighted by atomic mass is 32.2. The molecule has 1 N–H and O–H groups in total. The molecule has 0 radical (unpaired) electrons. The number of rotatable bonds is 5. The standard InChI is InChI=1S/C20H29N3O3S/c1-2-27(25,26)23-12-10-22(11-13-23)19(24)20(14-16-6-4-3-5-7-16)15-17-8-9-18(20)21-17/h3-7,17-18,21H,2,8-15H2,1H3/t17-,18+,20+/m0/s1. The van der Waals surface area contributed by atoms with Crippen molar-refractivity contribution in [2.45, 2.75) is 44.7 Å². The summed E-state index contributed by atoms with van der Waals surface area (Å²) in [5.41, 5.74) is 0.809. The van der Waals surface area contributed by atoms with E-state index in [0.717, 1.165) is 25.7 Å². The molecule has 0 spiro atoms. The minimum atomic E-state index is -3.18. The maximum Gasteiger partial charge on any atom is 0.230 e. The molecule has 7 heteroatoms. The maximum atomic E-state index is 13.7. The van der Waals surface area contributed by atoms with Gasteiger partial charge in [-0.3, -0.25) is 4.79 Å². The monoisotopic (exact) mass is 391 g/mol. The van der Waals surface area contributed by atoms with Crippen LogP contribution in [0.1, 0.15) is 31.7 Å². The zero-order valence-corrected chi connectivity index (χ0v) is 16.7. The third kappa shape index (κ3) is 3.41. The molecule has 148 valence electrons. The van der Waals surface area contributed by atoms with Crippen molar-refractivity contribution >= 4 is 15.9 Å². The van der Waals surface area contributed by atoms with Crippen molar-refractivity contribution in [3.05, 3.63) is 35.9 Å². The predicted molar refractivity (Wildman–Crippen MR) is 105 cm³/mol. The van der Waals surface area contributed by atoms with Gasteiger partial charge in [-0.15, -0.1) is 0 Å². The minimum absolute atomic E-state index is 0.118. The summed E-state index contributed by atoms with van der Waals surface area (Å²) < 4.78 is 25.7. The van der Waals surface area contributed by atoms with Crippen molar-refractivity contribution in [2.75, 3.05) is 31.9 Å². The first-order chi connectivity index (χ1) is 12.9. The van der Waals surface area contributed by atoms with Crippen molar-refractivity contribution in [1.82, 2.24) is 14.5 Å². The average Bonchev–Trinajstić information content (AvgIpc) is 3.30. The van der Waals surface area contributed by atoms with Crippen LogP contribution in [0.2, 0.25) is 0 Å². The number of hydrogen-bond acceptors (Lipinski definition) is 4. The second kappa shape index (κ2) is 7.18. The lowest BCUT2D eigenvalue weighted by molar-refractivity contribution is -0.144. The molecule has 3 atom stereocenters. The van der Waals surface area contributed by atoms with Crippen LogP contribution in [-0.4, -0.2) is 67.5 Å². The summed E-state index contributed by atoms with van der Waals surface area (Å²) in [5, 5.41) is 3.65. The van der Waals surface area contributed by atoms with Gasteiger partial charge in [0.25, 0.3) is 0 Å². The van der Waals surface area contributed by atoms with Gasteiger partial charge in [0.2, 0.25) is 15.9 Å². The van der Waals surface area contributed by atoms with Crippen molar-refractivity contribution in [2.24, 2.45) is 5.41 Å². The fourth-order valence-electron chi connectivity index (χ4n) is 5.13. The molecule has 3 aliphatic heterocycles. The van der Waals surface area contributed by atoms with Gasteiger partial charge in [0.15, 0.2) is 0 Å². The van der Waals surface area contributed by atoms with Crippen LogP contribution in [-0.2, 0) is 21.2 Å². The van der Waals surface area contributed by atoms with E-state index >= 15 is 0 Å². The van der Waals surface area contributed by atoms with Crippen LogP contribution < -0.4 is 5.32 Å². The average molecular weight is 392 g/mol. The van der Waals surface area contributed by atoms with Crippen LogP contribution in [0, 0.1) is 5.41 Å². The fraction of sp³-hybridized carbons (Fsp3) is 0.650. The maximum absolute atomic E-state index is 13.7. The number of nitrogens with zero attached hydrogens (tertiary/aromatic N) is 2. The summed E-state index contributed by atoms with van der Waals surface area (Å²) in [4.78, 5) is 15.6. The van der Waals surface area contributed by atoms with E-state index in [1.807, 2.05) is 23.1 Å². The predicted octanol–water partition coefficient (Wildman–Crippen LogP) is 1.23.